The normalized spacial score (nSPS) is 15.3. The molecule has 1 heterocycles. The maximum atomic E-state index is 9.10. The predicted molar refractivity (Wildman–Crippen MR) is 64.3 cm³/mol. The summed E-state index contributed by atoms with van der Waals surface area (Å²) >= 11 is 0. The van der Waals surface area contributed by atoms with E-state index in [1.54, 1.807) is 0 Å². The molecule has 1 aromatic heterocycles. The molecule has 0 atom stereocenters. The number of hydrogen-bond donors (Lipinski definition) is 1. The van der Waals surface area contributed by atoms with Crippen LogP contribution in [0.2, 0.25) is 0 Å². The van der Waals surface area contributed by atoms with Crippen molar-refractivity contribution in [1.29, 1.82) is 5.26 Å². The molecule has 1 aromatic rings. The minimum Gasteiger partial charge on any atom is -0.384 e. The molecule has 0 saturated heterocycles. The number of nitrogens with zero attached hydrogens (tertiary/aromatic N) is 2. The SMILES string of the molecule is Cc1cc(NCC2CCC2)c(C#N)c(C)n1. The van der Waals surface area contributed by atoms with Crippen LogP contribution in [-0.4, -0.2) is 11.5 Å². The molecule has 0 radical (unpaired) electrons. The molecule has 1 aliphatic rings. The molecular formula is C13H17N3. The Morgan fingerprint density at radius 2 is 2.25 bits per heavy atom. The lowest BCUT2D eigenvalue weighted by molar-refractivity contribution is 0.333. The van der Waals surface area contributed by atoms with Gasteiger partial charge in [-0.15, -0.1) is 0 Å². The van der Waals surface area contributed by atoms with E-state index in [2.05, 4.69) is 16.4 Å². The monoisotopic (exact) mass is 215 g/mol. The van der Waals surface area contributed by atoms with Gasteiger partial charge in [0.2, 0.25) is 0 Å². The molecular weight excluding hydrogens is 198 g/mol. The van der Waals surface area contributed by atoms with Crippen molar-refractivity contribution in [3.8, 4) is 6.07 Å². The Morgan fingerprint density at radius 3 is 2.81 bits per heavy atom. The van der Waals surface area contributed by atoms with E-state index in [1.807, 2.05) is 19.9 Å². The highest BCUT2D eigenvalue weighted by molar-refractivity contribution is 5.59. The Labute approximate surface area is 96.5 Å². The van der Waals surface area contributed by atoms with E-state index in [4.69, 9.17) is 5.26 Å². The third kappa shape index (κ3) is 2.16. The number of nitrogens with one attached hydrogen (secondary N) is 1. The van der Waals surface area contributed by atoms with Gasteiger partial charge in [-0.25, -0.2) is 0 Å². The van der Waals surface area contributed by atoms with Crippen LogP contribution in [0.4, 0.5) is 5.69 Å². The fourth-order valence-electron chi connectivity index (χ4n) is 2.06. The summed E-state index contributed by atoms with van der Waals surface area (Å²) in [5, 5.41) is 12.5. The molecule has 3 nitrogen and oxygen atoms in total. The summed E-state index contributed by atoms with van der Waals surface area (Å²) in [5.41, 5.74) is 3.41. The Hall–Kier alpha value is -1.56. The van der Waals surface area contributed by atoms with E-state index in [0.29, 0.717) is 5.56 Å². The van der Waals surface area contributed by atoms with Crippen molar-refractivity contribution in [2.24, 2.45) is 5.92 Å². The number of pyridine rings is 1. The van der Waals surface area contributed by atoms with Crippen molar-refractivity contribution in [2.75, 3.05) is 11.9 Å². The van der Waals surface area contributed by atoms with Crippen LogP contribution in [0, 0.1) is 31.1 Å². The van der Waals surface area contributed by atoms with E-state index in [0.717, 1.165) is 29.5 Å². The Balaban J connectivity index is 2.14. The zero-order valence-electron chi connectivity index (χ0n) is 9.88. The van der Waals surface area contributed by atoms with Gasteiger partial charge >= 0.3 is 0 Å². The summed E-state index contributed by atoms with van der Waals surface area (Å²) in [4.78, 5) is 4.30. The first-order valence-electron chi connectivity index (χ1n) is 5.83. The number of aromatic nitrogens is 1. The number of aryl methyl sites for hydroxylation is 2. The first-order chi connectivity index (χ1) is 7.70. The summed E-state index contributed by atoms with van der Waals surface area (Å²) < 4.78 is 0. The first kappa shape index (κ1) is 10.9. The lowest BCUT2D eigenvalue weighted by Gasteiger charge is -2.26. The minimum absolute atomic E-state index is 0.685. The van der Waals surface area contributed by atoms with Crippen molar-refractivity contribution in [2.45, 2.75) is 33.1 Å². The van der Waals surface area contributed by atoms with Gasteiger partial charge in [0.1, 0.15) is 6.07 Å². The molecule has 1 N–H and O–H groups in total. The number of hydrogen-bond acceptors (Lipinski definition) is 3. The average Bonchev–Trinajstić information content (AvgIpc) is 2.14. The second kappa shape index (κ2) is 4.52. The molecule has 1 saturated carbocycles. The van der Waals surface area contributed by atoms with E-state index < -0.39 is 0 Å². The first-order valence-corrected chi connectivity index (χ1v) is 5.83. The van der Waals surface area contributed by atoms with Crippen LogP contribution < -0.4 is 5.32 Å². The molecule has 16 heavy (non-hydrogen) atoms. The molecule has 0 amide bonds. The molecule has 0 aromatic carbocycles. The van der Waals surface area contributed by atoms with Crippen molar-refractivity contribution < 1.29 is 0 Å². The lowest BCUT2D eigenvalue weighted by atomic mass is 9.85. The molecule has 0 spiro atoms. The Kier molecular flexibility index (Phi) is 3.09. The van der Waals surface area contributed by atoms with Gasteiger partial charge in [-0.05, 0) is 38.7 Å². The number of rotatable bonds is 3. The summed E-state index contributed by atoms with van der Waals surface area (Å²) in [6.07, 6.45) is 3.99. The van der Waals surface area contributed by atoms with Crippen LogP contribution in [0.5, 0.6) is 0 Å². The quantitative estimate of drug-likeness (QED) is 0.843. The highest BCUT2D eigenvalue weighted by Crippen LogP contribution is 2.27. The third-order valence-corrected chi connectivity index (χ3v) is 3.25. The summed E-state index contributed by atoms with van der Waals surface area (Å²) in [7, 11) is 0. The second-order valence-corrected chi connectivity index (χ2v) is 4.56. The molecule has 1 fully saturated rings. The highest BCUT2D eigenvalue weighted by atomic mass is 14.9. The fourth-order valence-corrected chi connectivity index (χ4v) is 2.06. The van der Waals surface area contributed by atoms with Gasteiger partial charge in [0.25, 0.3) is 0 Å². The van der Waals surface area contributed by atoms with Crippen molar-refractivity contribution in [3.05, 3.63) is 23.0 Å². The van der Waals surface area contributed by atoms with Crippen LogP contribution in [0.3, 0.4) is 0 Å². The summed E-state index contributed by atoms with van der Waals surface area (Å²) in [6, 6.07) is 4.19. The largest absolute Gasteiger partial charge is 0.384 e. The van der Waals surface area contributed by atoms with Crippen LogP contribution in [-0.2, 0) is 0 Å². The predicted octanol–water partition coefficient (Wildman–Crippen LogP) is 2.78. The van der Waals surface area contributed by atoms with Crippen LogP contribution >= 0.6 is 0 Å². The molecule has 0 bridgehead atoms. The smallest absolute Gasteiger partial charge is 0.103 e. The van der Waals surface area contributed by atoms with Gasteiger partial charge in [0.15, 0.2) is 0 Å². The van der Waals surface area contributed by atoms with Gasteiger partial charge in [0, 0.05) is 12.2 Å². The van der Waals surface area contributed by atoms with Crippen LogP contribution in [0.25, 0.3) is 0 Å². The average molecular weight is 215 g/mol. The van der Waals surface area contributed by atoms with Gasteiger partial charge in [-0.1, -0.05) is 6.42 Å². The van der Waals surface area contributed by atoms with Crippen molar-refractivity contribution >= 4 is 5.69 Å². The van der Waals surface area contributed by atoms with Crippen LogP contribution in [0.1, 0.15) is 36.2 Å². The second-order valence-electron chi connectivity index (χ2n) is 4.56. The van der Waals surface area contributed by atoms with E-state index in [-0.39, 0.29) is 0 Å². The van der Waals surface area contributed by atoms with E-state index >= 15 is 0 Å². The molecule has 0 aliphatic heterocycles. The van der Waals surface area contributed by atoms with Crippen molar-refractivity contribution in [1.82, 2.24) is 4.98 Å². The van der Waals surface area contributed by atoms with Gasteiger partial charge in [0.05, 0.1) is 16.9 Å². The van der Waals surface area contributed by atoms with Crippen molar-refractivity contribution in [3.63, 3.8) is 0 Å². The maximum absolute atomic E-state index is 9.10. The summed E-state index contributed by atoms with van der Waals surface area (Å²) in [6.45, 7) is 4.83. The zero-order chi connectivity index (χ0) is 11.5. The van der Waals surface area contributed by atoms with E-state index in [1.165, 1.54) is 19.3 Å². The minimum atomic E-state index is 0.685. The number of anilines is 1. The van der Waals surface area contributed by atoms with Gasteiger partial charge < -0.3 is 5.32 Å². The topological polar surface area (TPSA) is 48.7 Å². The molecule has 0 unspecified atom stereocenters. The molecule has 1 aliphatic carbocycles. The number of nitriles is 1. The maximum Gasteiger partial charge on any atom is 0.103 e. The molecule has 2 rings (SSSR count). The fraction of sp³-hybridized carbons (Fsp3) is 0.538. The third-order valence-electron chi connectivity index (χ3n) is 3.25. The molecule has 3 heteroatoms. The lowest BCUT2D eigenvalue weighted by Crippen LogP contribution is -2.21. The standard InChI is InChI=1S/C13H17N3/c1-9-6-13(12(7-14)10(2)16-9)15-8-11-4-3-5-11/h6,11H,3-5,8H2,1-2H3,(H,15,16). The van der Waals surface area contributed by atoms with E-state index in [9.17, 15) is 0 Å². The highest BCUT2D eigenvalue weighted by Gasteiger charge is 2.17. The van der Waals surface area contributed by atoms with Gasteiger partial charge in [-0.2, -0.15) is 5.26 Å². The zero-order valence-corrected chi connectivity index (χ0v) is 9.88. The molecule has 84 valence electrons. The summed E-state index contributed by atoms with van der Waals surface area (Å²) in [5.74, 6) is 0.792. The Bertz CT molecular complexity index is 428. The van der Waals surface area contributed by atoms with Crippen LogP contribution in [0.15, 0.2) is 6.07 Å². The Morgan fingerprint density at radius 1 is 1.50 bits per heavy atom. The van der Waals surface area contributed by atoms with Gasteiger partial charge in [-0.3, -0.25) is 4.98 Å².